The Labute approximate surface area is 97.6 Å². The molecule has 0 spiro atoms. The fourth-order valence-electron chi connectivity index (χ4n) is 1.32. The average Bonchev–Trinajstić information content (AvgIpc) is 2.25. The molecule has 7 heteroatoms. The third-order valence-electron chi connectivity index (χ3n) is 2.12. The molecule has 92 valence electrons. The molecule has 0 radical (unpaired) electrons. The molecule has 0 amide bonds. The summed E-state index contributed by atoms with van der Waals surface area (Å²) in [4.78, 5) is 24.4. The van der Waals surface area contributed by atoms with Gasteiger partial charge >= 0.3 is 11.7 Å². The molecule has 0 saturated carbocycles. The predicted molar refractivity (Wildman–Crippen MR) is 60.8 cm³/mol. The van der Waals surface area contributed by atoms with E-state index >= 15 is 0 Å². The van der Waals surface area contributed by atoms with Gasteiger partial charge in [-0.05, 0) is 12.0 Å². The molecule has 0 aromatic carbocycles. The highest BCUT2D eigenvalue weighted by molar-refractivity contribution is 5.67. The molecule has 0 fully saturated rings. The zero-order chi connectivity index (χ0) is 12.8. The molecular formula is C10H13N3O4. The lowest BCUT2D eigenvalue weighted by Gasteiger charge is -2.10. The quantitative estimate of drug-likeness (QED) is 0.575. The second-order valence-electron chi connectivity index (χ2n) is 3.71. The van der Waals surface area contributed by atoms with Gasteiger partial charge in [-0.3, -0.25) is 14.9 Å². The zero-order valence-corrected chi connectivity index (χ0v) is 9.29. The fraction of sp³-hybridized carbons (Fsp3) is 0.400. The van der Waals surface area contributed by atoms with E-state index in [1.165, 1.54) is 18.3 Å². The number of nitrogens with one attached hydrogen (secondary N) is 1. The van der Waals surface area contributed by atoms with Crippen molar-refractivity contribution in [3.63, 3.8) is 0 Å². The SMILES string of the molecule is CC(CNc1ncccc1[N+](=O)[O-])CC(=O)O. The van der Waals surface area contributed by atoms with E-state index in [9.17, 15) is 14.9 Å². The normalized spacial score (nSPS) is 11.8. The fourth-order valence-corrected chi connectivity index (χ4v) is 1.32. The summed E-state index contributed by atoms with van der Waals surface area (Å²) in [5.74, 6) is -0.862. The zero-order valence-electron chi connectivity index (χ0n) is 9.29. The Kier molecular flexibility index (Phi) is 4.38. The van der Waals surface area contributed by atoms with Gasteiger partial charge < -0.3 is 10.4 Å². The van der Waals surface area contributed by atoms with Gasteiger partial charge in [0, 0.05) is 25.2 Å². The van der Waals surface area contributed by atoms with Crippen LogP contribution in [0.2, 0.25) is 0 Å². The lowest BCUT2D eigenvalue weighted by Crippen LogP contribution is -2.16. The van der Waals surface area contributed by atoms with Crippen molar-refractivity contribution in [2.75, 3.05) is 11.9 Å². The van der Waals surface area contributed by atoms with Gasteiger partial charge in [-0.2, -0.15) is 0 Å². The molecule has 1 rings (SSSR count). The van der Waals surface area contributed by atoms with Gasteiger partial charge in [0.15, 0.2) is 0 Å². The average molecular weight is 239 g/mol. The van der Waals surface area contributed by atoms with Crippen molar-refractivity contribution in [2.45, 2.75) is 13.3 Å². The summed E-state index contributed by atoms with van der Waals surface area (Å²) in [6.45, 7) is 2.07. The molecule has 0 aliphatic carbocycles. The van der Waals surface area contributed by atoms with E-state index in [2.05, 4.69) is 10.3 Å². The Morgan fingerprint density at radius 1 is 1.71 bits per heavy atom. The molecule has 0 aliphatic heterocycles. The predicted octanol–water partition coefficient (Wildman–Crippen LogP) is 1.51. The van der Waals surface area contributed by atoms with Crippen molar-refractivity contribution >= 4 is 17.5 Å². The Bertz CT molecular complexity index is 422. The smallest absolute Gasteiger partial charge is 0.311 e. The number of nitrogens with zero attached hydrogens (tertiary/aromatic N) is 2. The van der Waals surface area contributed by atoms with Crippen LogP contribution in [0.3, 0.4) is 0 Å². The first kappa shape index (κ1) is 12.9. The maximum absolute atomic E-state index is 10.7. The largest absolute Gasteiger partial charge is 0.481 e. The minimum Gasteiger partial charge on any atom is -0.481 e. The third-order valence-corrected chi connectivity index (χ3v) is 2.12. The first-order valence-corrected chi connectivity index (χ1v) is 5.05. The highest BCUT2D eigenvalue weighted by Crippen LogP contribution is 2.20. The molecule has 1 aromatic rings. The molecule has 0 saturated heterocycles. The van der Waals surface area contributed by atoms with Crippen LogP contribution in [0, 0.1) is 16.0 Å². The summed E-state index contributed by atoms with van der Waals surface area (Å²) in [5, 5.41) is 22.0. The molecule has 7 nitrogen and oxygen atoms in total. The summed E-state index contributed by atoms with van der Waals surface area (Å²) >= 11 is 0. The van der Waals surface area contributed by atoms with Gasteiger partial charge in [0.05, 0.1) is 4.92 Å². The van der Waals surface area contributed by atoms with Crippen molar-refractivity contribution in [3.8, 4) is 0 Å². The van der Waals surface area contributed by atoms with Crippen molar-refractivity contribution in [1.29, 1.82) is 0 Å². The third kappa shape index (κ3) is 4.06. The first-order chi connectivity index (χ1) is 8.00. The monoisotopic (exact) mass is 239 g/mol. The summed E-state index contributed by atoms with van der Waals surface area (Å²) in [5.41, 5.74) is -0.116. The van der Waals surface area contributed by atoms with Gasteiger partial charge in [0.1, 0.15) is 0 Å². The lowest BCUT2D eigenvalue weighted by atomic mass is 10.1. The summed E-state index contributed by atoms with van der Waals surface area (Å²) < 4.78 is 0. The minimum atomic E-state index is -0.894. The van der Waals surface area contributed by atoms with E-state index in [1.807, 2.05) is 0 Å². The maximum atomic E-state index is 10.7. The number of carboxylic acids is 1. The number of nitro groups is 1. The van der Waals surface area contributed by atoms with Crippen LogP contribution in [0.15, 0.2) is 18.3 Å². The number of hydrogen-bond donors (Lipinski definition) is 2. The van der Waals surface area contributed by atoms with E-state index in [4.69, 9.17) is 5.11 Å². The Morgan fingerprint density at radius 2 is 2.41 bits per heavy atom. The summed E-state index contributed by atoms with van der Waals surface area (Å²) in [6.07, 6.45) is 1.45. The number of rotatable bonds is 6. The van der Waals surface area contributed by atoms with E-state index in [-0.39, 0.29) is 23.8 Å². The number of aliphatic carboxylic acids is 1. The summed E-state index contributed by atoms with van der Waals surface area (Å²) in [7, 11) is 0. The van der Waals surface area contributed by atoms with Crippen LogP contribution in [0.4, 0.5) is 11.5 Å². The van der Waals surface area contributed by atoms with Crippen LogP contribution in [0.1, 0.15) is 13.3 Å². The van der Waals surface area contributed by atoms with Crippen molar-refractivity contribution < 1.29 is 14.8 Å². The number of hydrogen-bond acceptors (Lipinski definition) is 5. The molecular weight excluding hydrogens is 226 g/mol. The van der Waals surface area contributed by atoms with E-state index in [0.29, 0.717) is 6.54 Å². The van der Waals surface area contributed by atoms with Crippen molar-refractivity contribution in [3.05, 3.63) is 28.4 Å². The number of pyridine rings is 1. The molecule has 2 N–H and O–H groups in total. The van der Waals surface area contributed by atoms with Crippen molar-refractivity contribution in [2.24, 2.45) is 5.92 Å². The second kappa shape index (κ2) is 5.78. The highest BCUT2D eigenvalue weighted by atomic mass is 16.6. The highest BCUT2D eigenvalue weighted by Gasteiger charge is 2.15. The van der Waals surface area contributed by atoms with Gasteiger partial charge in [-0.1, -0.05) is 6.92 Å². The molecule has 17 heavy (non-hydrogen) atoms. The number of aromatic nitrogens is 1. The van der Waals surface area contributed by atoms with Crippen LogP contribution < -0.4 is 5.32 Å². The molecule has 1 atom stereocenters. The van der Waals surface area contributed by atoms with Gasteiger partial charge in [0.25, 0.3) is 0 Å². The van der Waals surface area contributed by atoms with E-state index in [1.54, 1.807) is 6.92 Å². The number of anilines is 1. The van der Waals surface area contributed by atoms with Crippen LogP contribution >= 0.6 is 0 Å². The summed E-state index contributed by atoms with van der Waals surface area (Å²) in [6, 6.07) is 2.82. The van der Waals surface area contributed by atoms with E-state index in [0.717, 1.165) is 0 Å². The Balaban J connectivity index is 2.63. The second-order valence-corrected chi connectivity index (χ2v) is 3.71. The molecule has 0 bridgehead atoms. The number of carbonyl (C=O) groups is 1. The lowest BCUT2D eigenvalue weighted by molar-refractivity contribution is -0.384. The molecule has 1 aromatic heterocycles. The Hall–Kier alpha value is -2.18. The van der Waals surface area contributed by atoms with Gasteiger partial charge in [-0.15, -0.1) is 0 Å². The van der Waals surface area contributed by atoms with Crippen LogP contribution in [0.25, 0.3) is 0 Å². The standard InChI is InChI=1S/C10H13N3O4/c1-7(5-9(14)15)6-12-10-8(13(16)17)3-2-4-11-10/h2-4,7H,5-6H2,1H3,(H,11,12)(H,14,15). The van der Waals surface area contributed by atoms with E-state index < -0.39 is 10.9 Å². The van der Waals surface area contributed by atoms with Crippen LogP contribution in [-0.4, -0.2) is 27.5 Å². The van der Waals surface area contributed by atoms with Crippen LogP contribution in [0.5, 0.6) is 0 Å². The van der Waals surface area contributed by atoms with Crippen LogP contribution in [-0.2, 0) is 4.79 Å². The molecule has 1 unspecified atom stereocenters. The maximum Gasteiger partial charge on any atom is 0.311 e. The first-order valence-electron chi connectivity index (χ1n) is 5.05. The topological polar surface area (TPSA) is 105 Å². The van der Waals surface area contributed by atoms with Gasteiger partial charge in [-0.25, -0.2) is 4.98 Å². The van der Waals surface area contributed by atoms with Gasteiger partial charge in [0.2, 0.25) is 5.82 Å². The number of carboxylic acid groups (broad SMARTS) is 1. The molecule has 0 aliphatic rings. The van der Waals surface area contributed by atoms with Crippen molar-refractivity contribution in [1.82, 2.24) is 4.98 Å². The minimum absolute atomic E-state index is 0.00757. The Morgan fingerprint density at radius 3 is 3.00 bits per heavy atom. The molecule has 1 heterocycles.